The highest BCUT2D eigenvalue weighted by molar-refractivity contribution is 8.93. The van der Waals surface area contributed by atoms with Gasteiger partial charge in [0.2, 0.25) is 5.95 Å². The van der Waals surface area contributed by atoms with E-state index in [9.17, 15) is 19.7 Å². The van der Waals surface area contributed by atoms with Crippen LogP contribution in [0.1, 0.15) is 17.0 Å². The second kappa shape index (κ2) is 7.51. The number of fused-ring (bicyclic) bond motifs is 1. The molecule has 3 aromatic rings. The average Bonchev–Trinajstić information content (AvgIpc) is 3.03. The number of nitro benzene ring substituents is 1. The highest BCUT2D eigenvalue weighted by atomic mass is 79.9. The Bertz CT molecular complexity index is 1210. The molecule has 136 valence electrons. The zero-order valence-electron chi connectivity index (χ0n) is 13.2. The van der Waals surface area contributed by atoms with Crippen molar-refractivity contribution in [1.82, 2.24) is 19.9 Å². The smallest absolute Gasteiger partial charge is 0.314 e. The molecule has 4 N–H and O–H groups in total. The molecule has 2 aromatic heterocycles. The van der Waals surface area contributed by atoms with Crippen LogP contribution in [0.2, 0.25) is 0 Å². The van der Waals surface area contributed by atoms with E-state index in [0.717, 1.165) is 6.07 Å². The number of aromatic amines is 3. The molecule has 0 amide bonds. The topological polar surface area (TPSA) is 197 Å². The summed E-state index contributed by atoms with van der Waals surface area (Å²) in [4.78, 5) is 44.6. The maximum absolute atomic E-state index is 11.6. The van der Waals surface area contributed by atoms with Gasteiger partial charge in [-0.1, -0.05) is 0 Å². The van der Waals surface area contributed by atoms with Crippen LogP contribution in [-0.4, -0.2) is 24.9 Å². The van der Waals surface area contributed by atoms with Crippen LogP contribution in [-0.2, 0) is 6.54 Å². The van der Waals surface area contributed by atoms with Crippen molar-refractivity contribution in [3.05, 3.63) is 59.9 Å². The fourth-order valence-corrected chi connectivity index (χ4v) is 2.32. The maximum atomic E-state index is 11.6. The molecule has 0 aliphatic carbocycles. The van der Waals surface area contributed by atoms with E-state index >= 15 is 0 Å². The first kappa shape index (κ1) is 19.4. The van der Waals surface area contributed by atoms with E-state index < -0.39 is 16.0 Å². The Hall–Kier alpha value is -3.97. The van der Waals surface area contributed by atoms with Gasteiger partial charge in [-0.05, 0) is 0 Å². The van der Waals surface area contributed by atoms with E-state index in [4.69, 9.17) is 10.5 Å². The van der Waals surface area contributed by atoms with E-state index in [2.05, 4.69) is 25.3 Å². The van der Waals surface area contributed by atoms with Gasteiger partial charge in [0, 0.05) is 24.2 Å². The second-order valence-corrected chi connectivity index (χ2v) is 5.08. The fraction of sp³-hybridized carbons (Fsp3) is 0.0714. The molecule has 2 heterocycles. The normalized spacial score (nSPS) is 9.85. The molecule has 0 bridgehead atoms. The number of benzene rings is 1. The lowest BCUT2D eigenvalue weighted by molar-refractivity contribution is -0.384. The number of nitro groups is 1. The number of nitriles is 2. The lowest BCUT2D eigenvalue weighted by atomic mass is 10.1. The lowest BCUT2D eigenvalue weighted by Gasteiger charge is -2.07. The van der Waals surface area contributed by atoms with Gasteiger partial charge in [0.05, 0.1) is 16.0 Å². The molecule has 0 fully saturated rings. The largest absolute Gasteiger partial charge is 0.352 e. The van der Waals surface area contributed by atoms with Crippen molar-refractivity contribution >= 4 is 39.7 Å². The summed E-state index contributed by atoms with van der Waals surface area (Å²) in [5.41, 5.74) is -1.64. The Balaban J connectivity index is 0.00000261. The molecule has 13 heteroatoms. The van der Waals surface area contributed by atoms with Crippen LogP contribution in [0, 0.1) is 32.8 Å². The SMILES string of the molecule is Br.N#Cc1nc(NCc2cc([N+](=O)[O-])cc3[nH]c(=O)c(=O)[nH]c23)[nH]c1C#N. The lowest BCUT2D eigenvalue weighted by Crippen LogP contribution is -2.29. The molecule has 0 aliphatic rings. The van der Waals surface area contributed by atoms with Crippen molar-refractivity contribution in [2.24, 2.45) is 0 Å². The Morgan fingerprint density at radius 2 is 1.85 bits per heavy atom. The minimum atomic E-state index is -0.930. The number of H-pyrrole nitrogens is 3. The number of anilines is 1. The van der Waals surface area contributed by atoms with Crippen LogP contribution in [0.25, 0.3) is 11.0 Å². The summed E-state index contributed by atoms with van der Waals surface area (Å²) >= 11 is 0. The van der Waals surface area contributed by atoms with Gasteiger partial charge in [-0.25, -0.2) is 4.98 Å². The Labute approximate surface area is 159 Å². The molecule has 0 aliphatic heterocycles. The first-order valence-electron chi connectivity index (χ1n) is 7.00. The second-order valence-electron chi connectivity index (χ2n) is 5.08. The predicted molar refractivity (Wildman–Crippen MR) is 97.5 cm³/mol. The van der Waals surface area contributed by atoms with Crippen LogP contribution in [0.4, 0.5) is 11.6 Å². The zero-order valence-corrected chi connectivity index (χ0v) is 14.9. The summed E-state index contributed by atoms with van der Waals surface area (Å²) in [6.45, 7) is -0.0383. The minimum Gasteiger partial charge on any atom is -0.352 e. The van der Waals surface area contributed by atoms with E-state index in [1.807, 2.05) is 0 Å². The molecule has 0 saturated carbocycles. The third-order valence-corrected chi connectivity index (χ3v) is 3.48. The van der Waals surface area contributed by atoms with Crippen molar-refractivity contribution in [3.63, 3.8) is 0 Å². The number of nitrogens with one attached hydrogen (secondary N) is 4. The summed E-state index contributed by atoms with van der Waals surface area (Å²) < 4.78 is 0. The Morgan fingerprint density at radius 1 is 1.15 bits per heavy atom. The van der Waals surface area contributed by atoms with Crippen LogP contribution < -0.4 is 16.4 Å². The molecular formula is C14H9BrN8O4. The maximum Gasteiger partial charge on any atom is 0.314 e. The van der Waals surface area contributed by atoms with Gasteiger partial charge in [-0.2, -0.15) is 10.5 Å². The molecule has 3 rings (SSSR count). The van der Waals surface area contributed by atoms with Gasteiger partial charge in [0.15, 0.2) is 11.4 Å². The Kier molecular flexibility index (Phi) is 5.38. The van der Waals surface area contributed by atoms with Gasteiger partial charge in [-0.3, -0.25) is 19.7 Å². The number of hydrogen-bond acceptors (Lipinski definition) is 8. The van der Waals surface area contributed by atoms with Crippen LogP contribution in [0.15, 0.2) is 21.7 Å². The molecule has 0 spiro atoms. The van der Waals surface area contributed by atoms with Crippen molar-refractivity contribution in [3.8, 4) is 12.1 Å². The van der Waals surface area contributed by atoms with Crippen molar-refractivity contribution in [1.29, 1.82) is 10.5 Å². The number of aromatic nitrogens is 4. The van der Waals surface area contributed by atoms with Gasteiger partial charge >= 0.3 is 11.1 Å². The van der Waals surface area contributed by atoms with E-state index in [1.54, 1.807) is 12.1 Å². The monoisotopic (exact) mass is 432 g/mol. The summed E-state index contributed by atoms with van der Waals surface area (Å²) in [6, 6.07) is 5.88. The van der Waals surface area contributed by atoms with Crippen LogP contribution in [0.5, 0.6) is 0 Å². The molecular weight excluding hydrogens is 424 g/mol. The average molecular weight is 433 g/mol. The first-order chi connectivity index (χ1) is 12.4. The highest BCUT2D eigenvalue weighted by Gasteiger charge is 2.15. The minimum absolute atomic E-state index is 0. The van der Waals surface area contributed by atoms with Crippen LogP contribution >= 0.6 is 17.0 Å². The summed E-state index contributed by atoms with van der Waals surface area (Å²) in [5, 5.41) is 31.6. The number of halogens is 1. The summed E-state index contributed by atoms with van der Waals surface area (Å²) in [7, 11) is 0. The van der Waals surface area contributed by atoms with E-state index in [0.29, 0.717) is 5.56 Å². The molecule has 0 atom stereocenters. The predicted octanol–water partition coefficient (Wildman–Crippen LogP) is 0.781. The summed E-state index contributed by atoms with van der Waals surface area (Å²) in [5.74, 6) is 0.101. The molecule has 0 unspecified atom stereocenters. The number of nitrogens with zero attached hydrogens (tertiary/aromatic N) is 4. The summed E-state index contributed by atoms with van der Waals surface area (Å²) in [6.07, 6.45) is 0. The van der Waals surface area contributed by atoms with Gasteiger partial charge in [0.1, 0.15) is 12.1 Å². The number of hydrogen-bond donors (Lipinski definition) is 4. The zero-order chi connectivity index (χ0) is 18.8. The van der Waals surface area contributed by atoms with Gasteiger partial charge in [-0.15, -0.1) is 17.0 Å². The standard InChI is InChI=1S/C14H8N8O4.BrH/c15-3-9-10(4-16)20-14(19-9)17-5-6-1-7(22(25)26)2-8-11(6)21-13(24)12(23)18-8;/h1-2H,5H2,(H,18,23)(H,21,24)(H2,17,19,20);1H. The van der Waals surface area contributed by atoms with E-state index in [1.165, 1.54) is 6.07 Å². The third-order valence-electron chi connectivity index (χ3n) is 3.48. The Morgan fingerprint density at radius 3 is 2.44 bits per heavy atom. The number of non-ortho nitro benzene ring substituents is 1. The molecule has 1 aromatic carbocycles. The first-order valence-corrected chi connectivity index (χ1v) is 7.00. The van der Waals surface area contributed by atoms with E-state index in [-0.39, 0.29) is 57.6 Å². The third kappa shape index (κ3) is 3.68. The van der Waals surface area contributed by atoms with Crippen molar-refractivity contribution < 1.29 is 4.92 Å². The van der Waals surface area contributed by atoms with Crippen LogP contribution in [0.3, 0.4) is 0 Å². The quantitative estimate of drug-likeness (QED) is 0.263. The molecule has 12 nitrogen and oxygen atoms in total. The highest BCUT2D eigenvalue weighted by Crippen LogP contribution is 2.22. The van der Waals surface area contributed by atoms with Gasteiger partial charge in [0.25, 0.3) is 5.69 Å². The van der Waals surface area contributed by atoms with Crippen molar-refractivity contribution in [2.75, 3.05) is 5.32 Å². The molecule has 0 radical (unpaired) electrons. The number of imidazole rings is 1. The van der Waals surface area contributed by atoms with Crippen molar-refractivity contribution in [2.45, 2.75) is 6.54 Å². The number of rotatable bonds is 4. The fourth-order valence-electron chi connectivity index (χ4n) is 2.32. The van der Waals surface area contributed by atoms with Gasteiger partial charge < -0.3 is 20.3 Å². The molecule has 27 heavy (non-hydrogen) atoms. The molecule has 0 saturated heterocycles.